The van der Waals surface area contributed by atoms with Crippen LogP contribution in [0.5, 0.6) is 0 Å². The minimum atomic E-state index is -0.175. The Morgan fingerprint density at radius 1 is 1.29 bits per heavy atom. The average molecular weight is 235 g/mol. The molecule has 0 unspecified atom stereocenters. The van der Waals surface area contributed by atoms with Crippen molar-refractivity contribution in [2.45, 2.75) is 13.8 Å². The van der Waals surface area contributed by atoms with Crippen LogP contribution in [0.25, 0.3) is 0 Å². The Kier molecular flexibility index (Phi) is 3.60. The predicted octanol–water partition coefficient (Wildman–Crippen LogP) is 1.55. The quantitative estimate of drug-likeness (QED) is 0.780. The van der Waals surface area contributed by atoms with Crippen molar-refractivity contribution in [3.05, 3.63) is 10.6 Å². The molecule has 7 heteroatoms. The molecule has 0 aliphatic carbocycles. The highest BCUT2D eigenvalue weighted by atomic mass is 35.5. The topological polar surface area (TPSA) is 59.0 Å². The molecule has 0 radical (unpaired) electrons. The molecule has 14 heavy (non-hydrogen) atoms. The maximum absolute atomic E-state index is 11.1. The zero-order valence-corrected chi connectivity index (χ0v) is 9.17. The number of carbonyl (C=O) groups excluding carboxylic acids is 1. The Hall–Kier alpha value is -0.940. The molecular formula is C7H8Cl2N4O. The first-order valence-corrected chi connectivity index (χ1v) is 4.65. The van der Waals surface area contributed by atoms with E-state index in [0.29, 0.717) is 6.54 Å². The first kappa shape index (κ1) is 11.1. The first-order valence-electron chi connectivity index (χ1n) is 3.89. The summed E-state index contributed by atoms with van der Waals surface area (Å²) in [5.41, 5.74) is 0. The van der Waals surface area contributed by atoms with Gasteiger partial charge in [0.1, 0.15) is 0 Å². The molecule has 0 atom stereocenters. The normalized spacial score (nSPS) is 10.0. The van der Waals surface area contributed by atoms with E-state index in [0.717, 1.165) is 0 Å². The van der Waals surface area contributed by atoms with Gasteiger partial charge in [-0.05, 0) is 30.1 Å². The van der Waals surface area contributed by atoms with E-state index >= 15 is 0 Å². The van der Waals surface area contributed by atoms with E-state index in [-0.39, 0.29) is 22.4 Å². The summed E-state index contributed by atoms with van der Waals surface area (Å²) in [6.45, 7) is 3.66. The van der Waals surface area contributed by atoms with E-state index in [2.05, 4.69) is 15.0 Å². The highest BCUT2D eigenvalue weighted by Crippen LogP contribution is 2.13. The molecular weight excluding hydrogens is 227 g/mol. The minimum Gasteiger partial charge on any atom is -0.281 e. The molecule has 0 bridgehead atoms. The molecule has 5 nitrogen and oxygen atoms in total. The average Bonchev–Trinajstić information content (AvgIpc) is 2.02. The molecule has 76 valence electrons. The molecule has 1 heterocycles. The highest BCUT2D eigenvalue weighted by molar-refractivity contribution is 6.31. The van der Waals surface area contributed by atoms with Crippen LogP contribution < -0.4 is 4.90 Å². The van der Waals surface area contributed by atoms with Crippen molar-refractivity contribution in [1.82, 2.24) is 15.0 Å². The summed E-state index contributed by atoms with van der Waals surface area (Å²) in [4.78, 5) is 23.6. The standard InChI is InChI=1S/C7H8Cl2N4O/c1-3-13(4(2)14)7-11-5(8)10-6(9)12-7/h3H2,1-2H3. The zero-order chi connectivity index (χ0) is 10.7. The molecule has 0 aliphatic heterocycles. The Morgan fingerprint density at radius 2 is 1.79 bits per heavy atom. The van der Waals surface area contributed by atoms with Crippen LogP contribution in [0.2, 0.25) is 10.6 Å². The lowest BCUT2D eigenvalue weighted by Crippen LogP contribution is -2.30. The van der Waals surface area contributed by atoms with Gasteiger partial charge < -0.3 is 0 Å². The maximum Gasteiger partial charge on any atom is 0.237 e. The smallest absolute Gasteiger partial charge is 0.237 e. The molecule has 1 amide bonds. The summed E-state index contributed by atoms with van der Waals surface area (Å²) in [5, 5.41) is -0.0561. The van der Waals surface area contributed by atoms with Crippen molar-refractivity contribution in [3.63, 3.8) is 0 Å². The molecule has 1 aromatic rings. The number of halogens is 2. The summed E-state index contributed by atoms with van der Waals surface area (Å²) in [5.74, 6) is -0.00386. The van der Waals surface area contributed by atoms with Gasteiger partial charge in [-0.1, -0.05) is 0 Å². The number of rotatable bonds is 2. The highest BCUT2D eigenvalue weighted by Gasteiger charge is 2.14. The third-order valence-electron chi connectivity index (χ3n) is 1.51. The lowest BCUT2D eigenvalue weighted by molar-refractivity contribution is -0.116. The van der Waals surface area contributed by atoms with E-state index in [1.807, 2.05) is 0 Å². The second kappa shape index (κ2) is 4.52. The van der Waals surface area contributed by atoms with Gasteiger partial charge in [-0.2, -0.15) is 15.0 Å². The van der Waals surface area contributed by atoms with Gasteiger partial charge >= 0.3 is 0 Å². The fourth-order valence-corrected chi connectivity index (χ4v) is 1.30. The summed E-state index contributed by atoms with van der Waals surface area (Å²) in [6, 6.07) is 0. The van der Waals surface area contributed by atoms with Crippen LogP contribution in [0.4, 0.5) is 5.95 Å². The van der Waals surface area contributed by atoms with Gasteiger partial charge in [-0.25, -0.2) is 0 Å². The number of anilines is 1. The predicted molar refractivity (Wildman–Crippen MR) is 53.5 cm³/mol. The molecule has 1 aromatic heterocycles. The minimum absolute atomic E-state index is 0.0281. The van der Waals surface area contributed by atoms with Gasteiger partial charge in [0.05, 0.1) is 0 Å². The van der Waals surface area contributed by atoms with Crippen molar-refractivity contribution in [1.29, 1.82) is 0 Å². The Morgan fingerprint density at radius 3 is 2.14 bits per heavy atom. The van der Waals surface area contributed by atoms with Crippen LogP contribution in [0.3, 0.4) is 0 Å². The molecule has 0 fully saturated rings. The third-order valence-corrected chi connectivity index (χ3v) is 1.84. The van der Waals surface area contributed by atoms with Crippen LogP contribution in [-0.2, 0) is 4.79 Å². The van der Waals surface area contributed by atoms with Crippen LogP contribution in [0.1, 0.15) is 13.8 Å². The van der Waals surface area contributed by atoms with E-state index in [1.54, 1.807) is 6.92 Å². The molecule has 0 spiro atoms. The van der Waals surface area contributed by atoms with Crippen molar-refractivity contribution in [3.8, 4) is 0 Å². The summed E-state index contributed by atoms with van der Waals surface area (Å²) in [6.07, 6.45) is 0. The number of nitrogens with zero attached hydrogens (tertiary/aromatic N) is 4. The number of hydrogen-bond acceptors (Lipinski definition) is 4. The van der Waals surface area contributed by atoms with Gasteiger partial charge in [0.15, 0.2) is 0 Å². The van der Waals surface area contributed by atoms with Gasteiger partial charge in [0, 0.05) is 13.5 Å². The zero-order valence-electron chi connectivity index (χ0n) is 7.66. The summed E-state index contributed by atoms with van der Waals surface area (Å²) >= 11 is 11.1. The van der Waals surface area contributed by atoms with Gasteiger partial charge in [0.2, 0.25) is 22.4 Å². The van der Waals surface area contributed by atoms with Crippen molar-refractivity contribution >= 4 is 35.1 Å². The molecule has 0 saturated heterocycles. The van der Waals surface area contributed by atoms with Gasteiger partial charge in [-0.3, -0.25) is 9.69 Å². The molecule has 0 aromatic carbocycles. The number of amides is 1. The lowest BCUT2D eigenvalue weighted by atomic mass is 10.5. The summed E-state index contributed by atoms with van der Waals surface area (Å²) < 4.78 is 0. The fraction of sp³-hybridized carbons (Fsp3) is 0.429. The van der Waals surface area contributed by atoms with Crippen LogP contribution in [-0.4, -0.2) is 27.4 Å². The third kappa shape index (κ3) is 2.52. The number of hydrogen-bond donors (Lipinski definition) is 0. The van der Waals surface area contributed by atoms with Crippen molar-refractivity contribution < 1.29 is 4.79 Å². The second-order valence-electron chi connectivity index (χ2n) is 2.44. The Labute approximate surface area is 91.1 Å². The maximum atomic E-state index is 11.1. The van der Waals surface area contributed by atoms with E-state index in [1.165, 1.54) is 11.8 Å². The monoisotopic (exact) mass is 234 g/mol. The second-order valence-corrected chi connectivity index (χ2v) is 3.11. The van der Waals surface area contributed by atoms with Gasteiger partial charge in [0.25, 0.3) is 0 Å². The van der Waals surface area contributed by atoms with Crippen LogP contribution in [0, 0.1) is 0 Å². The molecule has 0 saturated carbocycles. The Bertz CT molecular complexity index is 337. The van der Waals surface area contributed by atoms with Crippen molar-refractivity contribution in [2.75, 3.05) is 11.4 Å². The molecule has 0 aliphatic rings. The van der Waals surface area contributed by atoms with Crippen LogP contribution >= 0.6 is 23.2 Å². The lowest BCUT2D eigenvalue weighted by Gasteiger charge is -2.15. The summed E-state index contributed by atoms with van der Waals surface area (Å²) in [7, 11) is 0. The van der Waals surface area contributed by atoms with E-state index in [9.17, 15) is 4.79 Å². The number of carbonyl (C=O) groups is 1. The van der Waals surface area contributed by atoms with E-state index < -0.39 is 0 Å². The van der Waals surface area contributed by atoms with Crippen molar-refractivity contribution in [2.24, 2.45) is 0 Å². The first-order chi connectivity index (χ1) is 6.54. The van der Waals surface area contributed by atoms with Crippen LogP contribution in [0.15, 0.2) is 0 Å². The number of aromatic nitrogens is 3. The van der Waals surface area contributed by atoms with Gasteiger partial charge in [-0.15, -0.1) is 0 Å². The molecule has 1 rings (SSSR count). The molecule has 0 N–H and O–H groups in total. The SMILES string of the molecule is CCN(C(C)=O)c1nc(Cl)nc(Cl)n1. The largest absolute Gasteiger partial charge is 0.281 e. The fourth-order valence-electron chi connectivity index (χ4n) is 0.942. The Balaban J connectivity index is 3.10. The van der Waals surface area contributed by atoms with E-state index in [4.69, 9.17) is 23.2 Å².